The normalized spacial score (nSPS) is 21.5. The van der Waals surface area contributed by atoms with Crippen LogP contribution in [0.1, 0.15) is 37.2 Å². The average molecular weight is 389 g/mol. The Morgan fingerprint density at radius 1 is 1.04 bits per heavy atom. The van der Waals surface area contributed by atoms with Crippen LogP contribution in [0.4, 0.5) is 10.2 Å². The van der Waals surface area contributed by atoms with Gasteiger partial charge in [-0.05, 0) is 49.1 Å². The second-order valence-electron chi connectivity index (χ2n) is 7.28. The lowest BCUT2D eigenvalue weighted by atomic mass is 9.98. The van der Waals surface area contributed by atoms with Crippen LogP contribution >= 0.6 is 0 Å². The number of benzene rings is 1. The molecule has 4 rings (SSSR count). The number of rotatable bonds is 4. The molecule has 0 spiro atoms. The van der Waals surface area contributed by atoms with Crippen LogP contribution in [0.25, 0.3) is 0 Å². The fraction of sp³-hybridized carbons (Fsp3) is 0.450. The van der Waals surface area contributed by atoms with Gasteiger partial charge in [0.2, 0.25) is 10.0 Å². The van der Waals surface area contributed by atoms with Crippen molar-refractivity contribution in [2.24, 2.45) is 0 Å². The number of piperidine rings is 1. The van der Waals surface area contributed by atoms with E-state index < -0.39 is 10.0 Å². The van der Waals surface area contributed by atoms with Gasteiger partial charge in [-0.15, -0.1) is 0 Å². The first-order valence-electron chi connectivity index (χ1n) is 9.51. The Bertz CT molecular complexity index is 913. The lowest BCUT2D eigenvalue weighted by molar-refractivity contribution is 0.346. The summed E-state index contributed by atoms with van der Waals surface area (Å²) < 4.78 is 41.5. The molecular formula is C20H24FN3O2S. The van der Waals surface area contributed by atoms with E-state index >= 15 is 0 Å². The number of sulfonamides is 1. The molecule has 0 N–H and O–H groups in total. The predicted molar refractivity (Wildman–Crippen MR) is 103 cm³/mol. The molecule has 27 heavy (non-hydrogen) atoms. The van der Waals surface area contributed by atoms with Crippen molar-refractivity contribution in [3.05, 3.63) is 54.0 Å². The number of hydrogen-bond acceptors (Lipinski definition) is 4. The van der Waals surface area contributed by atoms with Crippen molar-refractivity contribution >= 4 is 15.8 Å². The second-order valence-corrected chi connectivity index (χ2v) is 9.18. The molecule has 1 aromatic carbocycles. The molecule has 7 heteroatoms. The Labute approximate surface area is 159 Å². The third-order valence-electron chi connectivity index (χ3n) is 5.49. The van der Waals surface area contributed by atoms with Crippen LogP contribution in [0.5, 0.6) is 0 Å². The Morgan fingerprint density at radius 3 is 2.63 bits per heavy atom. The second kappa shape index (κ2) is 7.56. The van der Waals surface area contributed by atoms with Crippen LogP contribution < -0.4 is 4.90 Å². The molecule has 1 atom stereocenters. The van der Waals surface area contributed by atoms with E-state index in [-0.39, 0.29) is 16.6 Å². The van der Waals surface area contributed by atoms with Gasteiger partial charge in [-0.3, -0.25) is 0 Å². The Balaban J connectivity index is 1.60. The van der Waals surface area contributed by atoms with Crippen LogP contribution in [0.2, 0.25) is 0 Å². The molecule has 0 bridgehead atoms. The molecule has 0 saturated carbocycles. The summed E-state index contributed by atoms with van der Waals surface area (Å²) in [4.78, 5) is 6.72. The third-order valence-corrected chi connectivity index (χ3v) is 7.41. The maximum absolute atomic E-state index is 13.6. The first kappa shape index (κ1) is 18.4. The Hall–Kier alpha value is -1.99. The summed E-state index contributed by atoms with van der Waals surface area (Å²) in [6, 6.07) is 10.00. The SMILES string of the molecule is O=S(=O)(c1cccnc1N1CC[C@@H](c2cccc(F)c2)C1)N1CCCCC1. The number of aromatic nitrogens is 1. The molecule has 5 nitrogen and oxygen atoms in total. The highest BCUT2D eigenvalue weighted by molar-refractivity contribution is 7.89. The van der Waals surface area contributed by atoms with E-state index in [2.05, 4.69) is 4.98 Å². The summed E-state index contributed by atoms with van der Waals surface area (Å²) >= 11 is 0. The minimum absolute atomic E-state index is 0.174. The monoisotopic (exact) mass is 389 g/mol. The molecular weight excluding hydrogens is 365 g/mol. The lowest BCUT2D eigenvalue weighted by Crippen LogP contribution is -2.36. The molecule has 1 aromatic heterocycles. The van der Waals surface area contributed by atoms with Crippen molar-refractivity contribution in [3.8, 4) is 0 Å². The summed E-state index contributed by atoms with van der Waals surface area (Å²) in [7, 11) is -3.55. The molecule has 3 heterocycles. The highest BCUT2D eigenvalue weighted by Gasteiger charge is 2.33. The van der Waals surface area contributed by atoms with Gasteiger partial charge < -0.3 is 4.90 Å². The maximum Gasteiger partial charge on any atom is 0.246 e. The molecule has 0 unspecified atom stereocenters. The van der Waals surface area contributed by atoms with E-state index in [1.807, 2.05) is 11.0 Å². The number of halogens is 1. The third kappa shape index (κ3) is 3.71. The molecule has 144 valence electrons. The summed E-state index contributed by atoms with van der Waals surface area (Å²) in [6.45, 7) is 2.49. The maximum atomic E-state index is 13.6. The fourth-order valence-corrected chi connectivity index (χ4v) is 5.73. The summed E-state index contributed by atoms with van der Waals surface area (Å²) in [6.07, 6.45) is 5.37. The van der Waals surface area contributed by atoms with Gasteiger partial charge in [0.25, 0.3) is 0 Å². The number of pyridine rings is 1. The largest absolute Gasteiger partial charge is 0.355 e. The van der Waals surface area contributed by atoms with E-state index in [0.717, 1.165) is 31.2 Å². The van der Waals surface area contributed by atoms with E-state index in [1.165, 1.54) is 6.07 Å². The van der Waals surface area contributed by atoms with Crippen LogP contribution in [0.3, 0.4) is 0 Å². The van der Waals surface area contributed by atoms with Crippen LogP contribution in [0, 0.1) is 5.82 Å². The van der Waals surface area contributed by atoms with Gasteiger partial charge >= 0.3 is 0 Å². The minimum atomic E-state index is -3.55. The predicted octanol–water partition coefficient (Wildman–Crippen LogP) is 3.39. The molecule has 2 fully saturated rings. The van der Waals surface area contributed by atoms with Gasteiger partial charge in [0.05, 0.1) is 0 Å². The minimum Gasteiger partial charge on any atom is -0.355 e. The summed E-state index contributed by atoms with van der Waals surface area (Å²) in [5.74, 6) is 0.451. The Kier molecular flexibility index (Phi) is 5.14. The zero-order valence-corrected chi connectivity index (χ0v) is 16.0. The van der Waals surface area contributed by atoms with Gasteiger partial charge in [-0.2, -0.15) is 4.31 Å². The lowest BCUT2D eigenvalue weighted by Gasteiger charge is -2.28. The van der Waals surface area contributed by atoms with Crippen LogP contribution in [0.15, 0.2) is 47.5 Å². The van der Waals surface area contributed by atoms with Crippen molar-refractivity contribution in [1.29, 1.82) is 0 Å². The molecule has 2 aromatic rings. The number of hydrogen-bond donors (Lipinski definition) is 0. The highest BCUT2D eigenvalue weighted by atomic mass is 32.2. The first-order valence-corrected chi connectivity index (χ1v) is 11.0. The van der Waals surface area contributed by atoms with Crippen molar-refractivity contribution in [2.45, 2.75) is 36.5 Å². The standard InChI is InChI=1S/C20H24FN3O2S/c21-18-7-4-6-16(14-18)17-9-13-23(15-17)20-19(8-5-10-22-20)27(25,26)24-11-2-1-3-12-24/h4-8,10,14,17H,1-3,9,11-13,15H2/t17-/m1/s1. The fourth-order valence-electron chi connectivity index (χ4n) is 4.05. The van der Waals surface area contributed by atoms with Crippen molar-refractivity contribution < 1.29 is 12.8 Å². The number of nitrogens with zero attached hydrogens (tertiary/aromatic N) is 3. The van der Waals surface area contributed by atoms with E-state index in [0.29, 0.717) is 32.0 Å². The van der Waals surface area contributed by atoms with Gasteiger partial charge in [0, 0.05) is 38.3 Å². The van der Waals surface area contributed by atoms with Gasteiger partial charge in [-0.1, -0.05) is 18.6 Å². The molecule has 2 aliphatic rings. The molecule has 0 radical (unpaired) electrons. The van der Waals surface area contributed by atoms with Gasteiger partial charge in [0.15, 0.2) is 0 Å². The molecule has 2 aliphatic heterocycles. The van der Waals surface area contributed by atoms with Crippen LogP contribution in [-0.2, 0) is 10.0 Å². The summed E-state index contributed by atoms with van der Waals surface area (Å²) in [5, 5.41) is 0. The quantitative estimate of drug-likeness (QED) is 0.804. The van der Waals surface area contributed by atoms with E-state index in [9.17, 15) is 12.8 Å². The van der Waals surface area contributed by atoms with E-state index in [4.69, 9.17) is 0 Å². The van der Waals surface area contributed by atoms with Crippen molar-refractivity contribution in [2.75, 3.05) is 31.1 Å². The van der Waals surface area contributed by atoms with Crippen molar-refractivity contribution in [1.82, 2.24) is 9.29 Å². The summed E-state index contributed by atoms with van der Waals surface area (Å²) in [5.41, 5.74) is 0.953. The molecule has 2 saturated heterocycles. The zero-order chi connectivity index (χ0) is 18.9. The Morgan fingerprint density at radius 2 is 1.85 bits per heavy atom. The van der Waals surface area contributed by atoms with Gasteiger partial charge in [-0.25, -0.2) is 17.8 Å². The van der Waals surface area contributed by atoms with Crippen molar-refractivity contribution in [3.63, 3.8) is 0 Å². The average Bonchev–Trinajstić information content (AvgIpc) is 3.19. The number of anilines is 1. The van der Waals surface area contributed by atoms with Gasteiger partial charge in [0.1, 0.15) is 16.5 Å². The molecule has 0 amide bonds. The van der Waals surface area contributed by atoms with Crippen LogP contribution in [-0.4, -0.2) is 43.9 Å². The van der Waals surface area contributed by atoms with E-state index in [1.54, 1.807) is 34.8 Å². The highest BCUT2D eigenvalue weighted by Crippen LogP contribution is 2.34. The molecule has 0 aliphatic carbocycles. The topological polar surface area (TPSA) is 53.5 Å². The smallest absolute Gasteiger partial charge is 0.246 e. The first-order chi connectivity index (χ1) is 13.1. The zero-order valence-electron chi connectivity index (χ0n) is 15.2.